The van der Waals surface area contributed by atoms with E-state index in [1.165, 1.54) is 4.90 Å². The van der Waals surface area contributed by atoms with Crippen LogP contribution in [0.3, 0.4) is 0 Å². The lowest BCUT2D eigenvalue weighted by atomic mass is 10.0. The highest BCUT2D eigenvalue weighted by Gasteiger charge is 2.35. The quantitative estimate of drug-likeness (QED) is 0.156. The van der Waals surface area contributed by atoms with E-state index in [2.05, 4.69) is 5.32 Å². The van der Waals surface area contributed by atoms with Crippen LogP contribution in [0.25, 0.3) is 0 Å². The van der Waals surface area contributed by atoms with Gasteiger partial charge in [-0.15, -0.1) is 0 Å². The van der Waals surface area contributed by atoms with E-state index in [0.717, 1.165) is 26.6 Å². The number of rotatable bonds is 13. The third-order valence-electron chi connectivity index (χ3n) is 8.34. The highest BCUT2D eigenvalue weighted by Crippen LogP contribution is 2.30. The number of nitrogens with one attached hydrogen (secondary N) is 1. The monoisotopic (exact) mass is 693 g/mol. The molecule has 2 atom stereocenters. The van der Waals surface area contributed by atoms with Gasteiger partial charge in [-0.3, -0.25) is 13.9 Å². The van der Waals surface area contributed by atoms with Gasteiger partial charge >= 0.3 is 0 Å². The summed E-state index contributed by atoms with van der Waals surface area (Å²) in [6.45, 7) is 8.92. The van der Waals surface area contributed by atoms with Crippen LogP contribution < -0.4 is 9.62 Å². The molecular weight excluding hydrogens is 653 g/mol. The van der Waals surface area contributed by atoms with Gasteiger partial charge in [-0.25, -0.2) is 8.42 Å². The number of amides is 2. The maximum Gasteiger partial charge on any atom is 0.264 e. The zero-order valence-electron chi connectivity index (χ0n) is 27.3. The lowest BCUT2D eigenvalue weighted by Crippen LogP contribution is -2.54. The Labute approximate surface area is 288 Å². The standard InChI is InChI=1S/C37H41Cl2N3O4S/c1-6-27(4)40-37(44)35(22-29-12-8-7-9-13-29)41(23-30-17-20-32(38)33(39)21-30)36(43)24-42(34-14-10-11-26(3)28(34)5)47(45,46)31-18-15-25(2)16-19-31/h7-21,27,35H,6,22-24H2,1-5H3,(H,40,44)/t27-,35+/m0/s1. The number of carbonyl (C=O) groups is 2. The molecule has 0 fully saturated rings. The molecule has 7 nitrogen and oxygen atoms in total. The lowest BCUT2D eigenvalue weighted by Gasteiger charge is -2.34. The minimum Gasteiger partial charge on any atom is -0.352 e. The molecule has 0 saturated carbocycles. The first-order valence-corrected chi connectivity index (χ1v) is 17.7. The molecule has 0 bridgehead atoms. The molecular formula is C37H41Cl2N3O4S. The molecule has 0 aliphatic heterocycles. The van der Waals surface area contributed by atoms with E-state index in [1.807, 2.05) is 71.0 Å². The summed E-state index contributed by atoms with van der Waals surface area (Å²) in [5.74, 6) is -0.885. The molecule has 0 saturated heterocycles. The molecule has 4 aromatic carbocycles. The number of anilines is 1. The van der Waals surface area contributed by atoms with E-state index in [4.69, 9.17) is 23.2 Å². The van der Waals surface area contributed by atoms with E-state index >= 15 is 0 Å². The third kappa shape index (κ3) is 8.95. The third-order valence-corrected chi connectivity index (χ3v) is 10.9. The Morgan fingerprint density at radius 3 is 2.15 bits per heavy atom. The smallest absolute Gasteiger partial charge is 0.264 e. The first-order valence-electron chi connectivity index (χ1n) is 15.5. The summed E-state index contributed by atoms with van der Waals surface area (Å²) in [5, 5.41) is 3.70. The molecule has 0 aromatic heterocycles. The summed E-state index contributed by atoms with van der Waals surface area (Å²) in [5.41, 5.74) is 4.38. The fourth-order valence-electron chi connectivity index (χ4n) is 5.19. The minimum absolute atomic E-state index is 0.00757. The Morgan fingerprint density at radius 2 is 1.51 bits per heavy atom. The summed E-state index contributed by atoms with van der Waals surface area (Å²) < 4.78 is 29.8. The molecule has 0 heterocycles. The van der Waals surface area contributed by atoms with Crippen molar-refractivity contribution in [1.82, 2.24) is 10.2 Å². The molecule has 2 amide bonds. The zero-order valence-corrected chi connectivity index (χ0v) is 29.7. The maximum absolute atomic E-state index is 14.7. The van der Waals surface area contributed by atoms with Gasteiger partial charge < -0.3 is 10.2 Å². The number of nitrogens with zero attached hydrogens (tertiary/aromatic N) is 2. The lowest BCUT2D eigenvalue weighted by molar-refractivity contribution is -0.140. The van der Waals surface area contributed by atoms with Gasteiger partial charge in [0.25, 0.3) is 10.0 Å². The van der Waals surface area contributed by atoms with Crippen LogP contribution in [0.5, 0.6) is 0 Å². The predicted octanol–water partition coefficient (Wildman–Crippen LogP) is 7.67. The second-order valence-electron chi connectivity index (χ2n) is 11.8. The van der Waals surface area contributed by atoms with Crippen LogP contribution in [0.4, 0.5) is 5.69 Å². The molecule has 10 heteroatoms. The molecule has 0 radical (unpaired) electrons. The number of hydrogen-bond acceptors (Lipinski definition) is 4. The minimum atomic E-state index is -4.20. The van der Waals surface area contributed by atoms with Gasteiger partial charge in [-0.05, 0) is 86.7 Å². The number of halogens is 2. The molecule has 1 N–H and O–H groups in total. The van der Waals surface area contributed by atoms with Crippen molar-refractivity contribution in [2.45, 2.75) is 71.0 Å². The first-order chi connectivity index (χ1) is 22.3. The van der Waals surface area contributed by atoms with Gasteiger partial charge in [0.05, 0.1) is 20.6 Å². The normalized spacial score (nSPS) is 12.7. The molecule has 248 valence electrons. The van der Waals surface area contributed by atoms with Gasteiger partial charge in [0.1, 0.15) is 12.6 Å². The highest BCUT2D eigenvalue weighted by molar-refractivity contribution is 7.92. The Balaban J connectivity index is 1.85. The van der Waals surface area contributed by atoms with Crippen molar-refractivity contribution in [1.29, 1.82) is 0 Å². The molecule has 4 aromatic rings. The zero-order chi connectivity index (χ0) is 34.3. The van der Waals surface area contributed by atoms with E-state index in [0.29, 0.717) is 27.7 Å². The van der Waals surface area contributed by atoms with Crippen LogP contribution in [-0.2, 0) is 32.6 Å². The van der Waals surface area contributed by atoms with E-state index in [1.54, 1.807) is 54.6 Å². The Hall–Kier alpha value is -3.85. The van der Waals surface area contributed by atoms with Crippen molar-refractivity contribution < 1.29 is 18.0 Å². The molecule has 0 unspecified atom stereocenters. The molecule has 0 aliphatic carbocycles. The van der Waals surface area contributed by atoms with Crippen molar-refractivity contribution in [3.63, 3.8) is 0 Å². The summed E-state index contributed by atoms with van der Waals surface area (Å²) in [4.78, 5) is 30.2. The Bertz CT molecular complexity index is 1820. The van der Waals surface area contributed by atoms with Gasteiger partial charge in [0.15, 0.2) is 0 Å². The largest absolute Gasteiger partial charge is 0.352 e. The van der Waals surface area contributed by atoms with Crippen LogP contribution in [0.2, 0.25) is 10.0 Å². The summed E-state index contributed by atoms with van der Waals surface area (Å²) in [7, 11) is -4.20. The number of sulfonamides is 1. The van der Waals surface area contributed by atoms with Crippen molar-refractivity contribution in [2.75, 3.05) is 10.8 Å². The number of hydrogen-bond donors (Lipinski definition) is 1. The second-order valence-corrected chi connectivity index (χ2v) is 14.5. The molecule has 47 heavy (non-hydrogen) atoms. The van der Waals surface area contributed by atoms with Crippen molar-refractivity contribution in [2.24, 2.45) is 0 Å². The van der Waals surface area contributed by atoms with Crippen LogP contribution >= 0.6 is 23.2 Å². The SMILES string of the molecule is CC[C@H](C)NC(=O)[C@@H](Cc1ccccc1)N(Cc1ccc(Cl)c(Cl)c1)C(=O)CN(c1cccc(C)c1C)S(=O)(=O)c1ccc(C)cc1. The Kier molecular flexibility index (Phi) is 12.1. The van der Waals surface area contributed by atoms with E-state index in [-0.39, 0.29) is 29.8 Å². The van der Waals surface area contributed by atoms with E-state index < -0.39 is 28.5 Å². The Morgan fingerprint density at radius 1 is 0.830 bits per heavy atom. The van der Waals surface area contributed by atoms with Crippen LogP contribution in [0.15, 0.2) is 95.9 Å². The average molecular weight is 695 g/mol. The molecule has 4 rings (SSSR count). The fraction of sp³-hybridized carbons (Fsp3) is 0.297. The van der Waals surface area contributed by atoms with E-state index in [9.17, 15) is 18.0 Å². The second kappa shape index (κ2) is 15.8. The number of aryl methyl sites for hydroxylation is 2. The predicted molar refractivity (Wildman–Crippen MR) is 190 cm³/mol. The molecule has 0 aliphatic rings. The van der Waals surface area contributed by atoms with Gasteiger partial charge in [-0.2, -0.15) is 0 Å². The van der Waals surface area contributed by atoms with Crippen LogP contribution in [-0.4, -0.2) is 43.8 Å². The topological polar surface area (TPSA) is 86.8 Å². The summed E-state index contributed by atoms with van der Waals surface area (Å²) in [6.07, 6.45) is 0.907. The number of benzene rings is 4. The van der Waals surface area contributed by atoms with Crippen LogP contribution in [0, 0.1) is 20.8 Å². The highest BCUT2D eigenvalue weighted by atomic mass is 35.5. The van der Waals surface area contributed by atoms with Gasteiger partial charge in [-0.1, -0.05) is 96.4 Å². The van der Waals surface area contributed by atoms with Gasteiger partial charge in [0, 0.05) is 19.0 Å². The summed E-state index contributed by atoms with van der Waals surface area (Å²) in [6, 6.07) is 25.2. The van der Waals surface area contributed by atoms with Crippen molar-refractivity contribution >= 4 is 50.7 Å². The first kappa shape index (κ1) is 36.0. The average Bonchev–Trinajstić information content (AvgIpc) is 3.05. The van der Waals surface area contributed by atoms with Gasteiger partial charge in [0.2, 0.25) is 11.8 Å². The maximum atomic E-state index is 14.7. The fourth-order valence-corrected chi connectivity index (χ4v) is 6.98. The van der Waals surface area contributed by atoms with Crippen LogP contribution in [0.1, 0.15) is 48.1 Å². The number of carbonyl (C=O) groups excluding carboxylic acids is 2. The summed E-state index contributed by atoms with van der Waals surface area (Å²) >= 11 is 12.6. The molecule has 0 spiro atoms. The van der Waals surface area contributed by atoms with Crippen molar-refractivity contribution in [3.05, 3.63) is 129 Å². The van der Waals surface area contributed by atoms with Crippen molar-refractivity contribution in [3.8, 4) is 0 Å².